The summed E-state index contributed by atoms with van der Waals surface area (Å²) in [6.07, 6.45) is -0.280. The number of nitrogen functional groups attached to an aromatic ring is 1. The fraction of sp³-hybridized carbons (Fsp3) is 0.550. The van der Waals surface area contributed by atoms with Crippen LogP contribution in [0, 0.1) is 0 Å². The maximum atomic E-state index is 11.2. The van der Waals surface area contributed by atoms with Crippen LogP contribution in [0.25, 0.3) is 5.52 Å². The average molecular weight is 486 g/mol. The van der Waals surface area contributed by atoms with Crippen LogP contribution in [0.3, 0.4) is 0 Å². The molecule has 0 saturated carbocycles. The summed E-state index contributed by atoms with van der Waals surface area (Å²) in [7, 11) is 0. The summed E-state index contributed by atoms with van der Waals surface area (Å²) in [4.78, 5) is 33.9. The van der Waals surface area contributed by atoms with Gasteiger partial charge in [-0.3, -0.25) is 0 Å². The van der Waals surface area contributed by atoms with E-state index in [-0.39, 0.29) is 32.0 Å². The number of hydrogen-bond donors (Lipinski definition) is 3. The minimum atomic E-state index is -1.21. The zero-order chi connectivity index (χ0) is 25.5. The molecule has 1 saturated heterocycles. The summed E-state index contributed by atoms with van der Waals surface area (Å²) < 4.78 is 25.3. The molecule has 14 nitrogen and oxygen atoms in total. The van der Waals surface area contributed by atoms with Crippen molar-refractivity contribution in [3.05, 3.63) is 24.2 Å². The van der Waals surface area contributed by atoms with Crippen molar-refractivity contribution in [2.75, 3.05) is 32.2 Å². The molecule has 0 spiro atoms. The van der Waals surface area contributed by atoms with E-state index in [1.54, 1.807) is 25.3 Å². The Labute approximate surface area is 195 Å². The largest absolute Gasteiger partial charge is 0.508 e. The summed E-state index contributed by atoms with van der Waals surface area (Å²) in [5, 5.41) is 19.6. The number of carboxylic acid groups (broad SMARTS) is 2. The van der Waals surface area contributed by atoms with Gasteiger partial charge in [0.25, 0.3) is 0 Å². The molecule has 0 amide bonds. The SMILES string of the molecule is CCOC(=O)O.CCOC(=O)O.CCOC(=O)OCC1CCC(c2ccc3c(N)ncnn23)O1. The molecular formula is C20H30N4O10. The van der Waals surface area contributed by atoms with Gasteiger partial charge in [-0.05, 0) is 45.7 Å². The Kier molecular flexibility index (Phi) is 12.5. The maximum absolute atomic E-state index is 11.2. The van der Waals surface area contributed by atoms with Crippen LogP contribution in [0.1, 0.15) is 45.4 Å². The van der Waals surface area contributed by atoms with Gasteiger partial charge in [-0.2, -0.15) is 5.10 Å². The zero-order valence-electron chi connectivity index (χ0n) is 19.2. The molecular weight excluding hydrogens is 456 g/mol. The topological polar surface area (TPSA) is 194 Å². The Morgan fingerprint density at radius 2 is 1.65 bits per heavy atom. The molecule has 190 valence electrons. The standard InChI is InChI=1S/C14H18N4O4.2C3H6O3/c1-2-20-14(19)21-7-9-3-6-12(22-9)10-4-5-11-13(15)16-8-17-18(10)11;2*1-2-6-3(4)5/h4-5,8-9,12H,2-3,6-7H2,1H3,(H2,15,16,17);2*2H2,1H3,(H,4,5). The van der Waals surface area contributed by atoms with E-state index in [4.69, 9.17) is 30.2 Å². The highest BCUT2D eigenvalue weighted by atomic mass is 16.7. The van der Waals surface area contributed by atoms with E-state index < -0.39 is 18.5 Å². The molecule has 2 aromatic heterocycles. The molecule has 4 N–H and O–H groups in total. The van der Waals surface area contributed by atoms with Crippen LogP contribution in [-0.4, -0.2) is 75.8 Å². The van der Waals surface area contributed by atoms with E-state index in [2.05, 4.69) is 19.6 Å². The van der Waals surface area contributed by atoms with E-state index in [1.165, 1.54) is 6.33 Å². The molecule has 3 heterocycles. The minimum absolute atomic E-state index is 0.104. The molecule has 0 aliphatic carbocycles. The van der Waals surface area contributed by atoms with E-state index >= 15 is 0 Å². The van der Waals surface area contributed by atoms with Gasteiger partial charge in [0, 0.05) is 0 Å². The molecule has 1 aliphatic heterocycles. The first-order valence-corrected chi connectivity index (χ1v) is 10.5. The highest BCUT2D eigenvalue weighted by Gasteiger charge is 2.30. The predicted molar refractivity (Wildman–Crippen MR) is 117 cm³/mol. The Morgan fingerprint density at radius 1 is 1.03 bits per heavy atom. The molecule has 0 bridgehead atoms. The van der Waals surface area contributed by atoms with Crippen LogP contribution in [0.2, 0.25) is 0 Å². The smallest absolute Gasteiger partial charge is 0.450 e. The number of rotatable bonds is 6. The summed E-state index contributed by atoms with van der Waals surface area (Å²) in [5.74, 6) is 0.432. The second-order valence-electron chi connectivity index (χ2n) is 6.42. The third-order valence-corrected chi connectivity index (χ3v) is 4.13. The average Bonchev–Trinajstić information content (AvgIpc) is 3.41. The number of carbonyl (C=O) groups excluding carboxylic acids is 1. The zero-order valence-corrected chi connectivity index (χ0v) is 19.2. The van der Waals surface area contributed by atoms with E-state index in [1.807, 2.05) is 12.1 Å². The second-order valence-corrected chi connectivity index (χ2v) is 6.42. The molecule has 2 aromatic rings. The van der Waals surface area contributed by atoms with Crippen LogP contribution >= 0.6 is 0 Å². The predicted octanol–water partition coefficient (Wildman–Crippen LogP) is 3.11. The number of nitrogens with two attached hydrogens (primary N) is 1. The van der Waals surface area contributed by atoms with Gasteiger partial charge in [0.05, 0.1) is 31.6 Å². The van der Waals surface area contributed by atoms with Gasteiger partial charge in [-0.1, -0.05) is 0 Å². The van der Waals surface area contributed by atoms with E-state index in [0.717, 1.165) is 24.1 Å². The Balaban J connectivity index is 0.000000401. The lowest BCUT2D eigenvalue weighted by Crippen LogP contribution is -2.19. The normalized spacial score (nSPS) is 16.3. The van der Waals surface area contributed by atoms with Crippen LogP contribution in [0.15, 0.2) is 18.5 Å². The number of aromatic nitrogens is 3. The summed E-state index contributed by atoms with van der Waals surface area (Å²) in [6.45, 7) is 5.92. The molecule has 2 atom stereocenters. The first kappa shape index (κ1) is 28.2. The molecule has 0 aromatic carbocycles. The highest BCUT2D eigenvalue weighted by Crippen LogP contribution is 2.33. The monoisotopic (exact) mass is 486 g/mol. The summed E-state index contributed by atoms with van der Waals surface area (Å²) in [5.41, 5.74) is 7.50. The molecule has 3 rings (SSSR count). The quantitative estimate of drug-likeness (QED) is 0.398. The van der Waals surface area contributed by atoms with Gasteiger partial charge < -0.3 is 39.6 Å². The number of fused-ring (bicyclic) bond motifs is 1. The first-order chi connectivity index (χ1) is 16.2. The van der Waals surface area contributed by atoms with Crippen molar-refractivity contribution in [2.24, 2.45) is 0 Å². The lowest BCUT2D eigenvalue weighted by molar-refractivity contribution is -0.0164. The molecule has 2 unspecified atom stereocenters. The van der Waals surface area contributed by atoms with Crippen LogP contribution < -0.4 is 5.73 Å². The molecule has 14 heteroatoms. The van der Waals surface area contributed by atoms with Gasteiger partial charge in [0.2, 0.25) is 0 Å². The van der Waals surface area contributed by atoms with Crippen molar-refractivity contribution in [3.63, 3.8) is 0 Å². The lowest BCUT2D eigenvalue weighted by atomic mass is 10.1. The van der Waals surface area contributed by atoms with Crippen molar-refractivity contribution >= 4 is 29.8 Å². The van der Waals surface area contributed by atoms with Crippen LogP contribution in [0.5, 0.6) is 0 Å². The van der Waals surface area contributed by atoms with Crippen molar-refractivity contribution in [2.45, 2.75) is 45.8 Å². The fourth-order valence-electron chi connectivity index (χ4n) is 2.83. The summed E-state index contributed by atoms with van der Waals surface area (Å²) in [6, 6.07) is 3.80. The Morgan fingerprint density at radius 3 is 2.18 bits per heavy atom. The first-order valence-electron chi connectivity index (χ1n) is 10.5. The van der Waals surface area contributed by atoms with Crippen LogP contribution in [0.4, 0.5) is 20.2 Å². The Bertz CT molecular complexity index is 904. The van der Waals surface area contributed by atoms with Gasteiger partial charge in [0.15, 0.2) is 5.82 Å². The van der Waals surface area contributed by atoms with Crippen molar-refractivity contribution in [3.8, 4) is 0 Å². The van der Waals surface area contributed by atoms with E-state index in [0.29, 0.717) is 12.4 Å². The van der Waals surface area contributed by atoms with Gasteiger partial charge >= 0.3 is 18.5 Å². The number of nitrogens with zero attached hydrogens (tertiary/aromatic N) is 3. The molecule has 1 fully saturated rings. The van der Waals surface area contributed by atoms with Crippen LogP contribution in [-0.2, 0) is 23.7 Å². The van der Waals surface area contributed by atoms with E-state index in [9.17, 15) is 14.4 Å². The highest BCUT2D eigenvalue weighted by molar-refractivity contribution is 5.65. The third kappa shape index (κ3) is 9.77. The van der Waals surface area contributed by atoms with Crippen molar-refractivity contribution < 1.29 is 48.3 Å². The fourth-order valence-corrected chi connectivity index (χ4v) is 2.83. The number of ether oxygens (including phenoxy) is 5. The molecule has 1 aliphatic rings. The second kappa shape index (κ2) is 15.1. The third-order valence-electron chi connectivity index (χ3n) is 4.13. The van der Waals surface area contributed by atoms with Gasteiger partial charge in [0.1, 0.15) is 24.6 Å². The van der Waals surface area contributed by atoms with Gasteiger partial charge in [-0.25, -0.2) is 23.9 Å². The number of anilines is 1. The molecule has 34 heavy (non-hydrogen) atoms. The molecule has 0 radical (unpaired) electrons. The number of carbonyl (C=O) groups is 3. The van der Waals surface area contributed by atoms with Crippen molar-refractivity contribution in [1.29, 1.82) is 0 Å². The van der Waals surface area contributed by atoms with Crippen molar-refractivity contribution in [1.82, 2.24) is 14.6 Å². The lowest BCUT2D eigenvalue weighted by Gasteiger charge is -2.13. The minimum Gasteiger partial charge on any atom is -0.450 e. The maximum Gasteiger partial charge on any atom is 0.508 e. The number of hydrogen-bond acceptors (Lipinski definition) is 11. The summed E-state index contributed by atoms with van der Waals surface area (Å²) >= 11 is 0. The van der Waals surface area contributed by atoms with Gasteiger partial charge in [-0.15, -0.1) is 0 Å². The Hall–Kier alpha value is -3.81.